The van der Waals surface area contributed by atoms with E-state index in [1.54, 1.807) is 0 Å². The Morgan fingerprint density at radius 1 is 1.20 bits per heavy atom. The molecule has 0 aliphatic carbocycles. The van der Waals surface area contributed by atoms with Gasteiger partial charge in [0.05, 0.1) is 0 Å². The van der Waals surface area contributed by atoms with Crippen molar-refractivity contribution in [3.05, 3.63) is 23.5 Å². The molecule has 15 heavy (non-hydrogen) atoms. The van der Waals surface area contributed by atoms with Gasteiger partial charge in [0, 0.05) is 49.7 Å². The van der Waals surface area contributed by atoms with Crippen molar-refractivity contribution in [1.82, 2.24) is 10.2 Å². The summed E-state index contributed by atoms with van der Waals surface area (Å²) < 4.78 is 0. The number of nitrogens with zero attached hydrogens (tertiary/aromatic N) is 2. The maximum atomic E-state index is 4.50. The van der Waals surface area contributed by atoms with Crippen LogP contribution in [0.1, 0.15) is 20.3 Å². The molecule has 0 unspecified atom stereocenters. The minimum atomic E-state index is 0.994. The van der Waals surface area contributed by atoms with Crippen LogP contribution in [0.5, 0.6) is 0 Å². The van der Waals surface area contributed by atoms with E-state index in [2.05, 4.69) is 41.2 Å². The van der Waals surface area contributed by atoms with E-state index < -0.39 is 0 Å². The van der Waals surface area contributed by atoms with E-state index in [0.717, 1.165) is 38.3 Å². The van der Waals surface area contributed by atoms with E-state index in [-0.39, 0.29) is 0 Å². The van der Waals surface area contributed by atoms with Crippen molar-refractivity contribution in [1.29, 1.82) is 0 Å². The first-order chi connectivity index (χ1) is 7.25. The van der Waals surface area contributed by atoms with Gasteiger partial charge in [-0.15, -0.1) is 0 Å². The predicted molar refractivity (Wildman–Crippen MR) is 64.0 cm³/mol. The van der Waals surface area contributed by atoms with Gasteiger partial charge >= 0.3 is 0 Å². The summed E-state index contributed by atoms with van der Waals surface area (Å²) in [4.78, 5) is 6.97. The van der Waals surface area contributed by atoms with Gasteiger partial charge < -0.3 is 10.2 Å². The second-order valence-corrected chi connectivity index (χ2v) is 4.23. The van der Waals surface area contributed by atoms with Gasteiger partial charge in [-0.2, -0.15) is 0 Å². The van der Waals surface area contributed by atoms with Gasteiger partial charge in [0.15, 0.2) is 0 Å². The second-order valence-electron chi connectivity index (χ2n) is 4.23. The standard InChI is InChI=1S/C12H19N3/c1-10-3-4-12(9-11(2)14-10)15-7-5-13-6-8-15/h3-4,13H,5-9H2,1-2H3. The van der Waals surface area contributed by atoms with E-state index in [0.29, 0.717) is 0 Å². The zero-order valence-electron chi connectivity index (χ0n) is 9.58. The largest absolute Gasteiger partial charge is 0.372 e. The number of hydrogen-bond donors (Lipinski definition) is 1. The van der Waals surface area contributed by atoms with Gasteiger partial charge in [0.1, 0.15) is 0 Å². The topological polar surface area (TPSA) is 27.6 Å². The van der Waals surface area contributed by atoms with Crippen molar-refractivity contribution >= 4 is 5.71 Å². The van der Waals surface area contributed by atoms with Crippen molar-refractivity contribution in [2.45, 2.75) is 20.3 Å². The Labute approximate surface area is 91.6 Å². The maximum absolute atomic E-state index is 4.50. The summed E-state index contributed by atoms with van der Waals surface area (Å²) in [7, 11) is 0. The Morgan fingerprint density at radius 2 is 1.93 bits per heavy atom. The zero-order valence-corrected chi connectivity index (χ0v) is 9.58. The summed E-state index contributed by atoms with van der Waals surface area (Å²) >= 11 is 0. The van der Waals surface area contributed by atoms with Crippen LogP contribution in [0.15, 0.2) is 28.5 Å². The molecule has 2 heterocycles. The highest BCUT2D eigenvalue weighted by Gasteiger charge is 2.14. The average molecular weight is 205 g/mol. The van der Waals surface area contributed by atoms with Crippen LogP contribution in [0.2, 0.25) is 0 Å². The Morgan fingerprint density at radius 3 is 2.67 bits per heavy atom. The fourth-order valence-corrected chi connectivity index (χ4v) is 2.08. The third-order valence-electron chi connectivity index (χ3n) is 2.84. The number of allylic oxidation sites excluding steroid dienone is 4. The van der Waals surface area contributed by atoms with Crippen molar-refractivity contribution < 1.29 is 0 Å². The smallest absolute Gasteiger partial charge is 0.0372 e. The van der Waals surface area contributed by atoms with Crippen LogP contribution in [0.4, 0.5) is 0 Å². The molecule has 0 atom stereocenters. The summed E-state index contributed by atoms with van der Waals surface area (Å²) in [5.74, 6) is 0. The predicted octanol–water partition coefficient (Wildman–Crippen LogP) is 1.54. The number of hydrogen-bond acceptors (Lipinski definition) is 3. The van der Waals surface area contributed by atoms with Gasteiger partial charge in [-0.25, -0.2) is 0 Å². The molecule has 0 saturated carbocycles. The zero-order chi connectivity index (χ0) is 10.7. The van der Waals surface area contributed by atoms with Gasteiger partial charge in [0.2, 0.25) is 0 Å². The molecule has 82 valence electrons. The maximum Gasteiger partial charge on any atom is 0.0372 e. The molecule has 1 N–H and O–H groups in total. The fraction of sp³-hybridized carbons (Fsp3) is 0.583. The van der Waals surface area contributed by atoms with E-state index in [1.807, 2.05) is 0 Å². The van der Waals surface area contributed by atoms with E-state index in [1.165, 1.54) is 11.4 Å². The van der Waals surface area contributed by atoms with Gasteiger partial charge in [-0.05, 0) is 26.0 Å². The van der Waals surface area contributed by atoms with Gasteiger partial charge in [-0.1, -0.05) is 0 Å². The number of piperazine rings is 1. The highest BCUT2D eigenvalue weighted by molar-refractivity contribution is 5.85. The molecule has 3 heteroatoms. The molecular formula is C12H19N3. The number of rotatable bonds is 1. The molecule has 1 fully saturated rings. The summed E-state index contributed by atoms with van der Waals surface area (Å²) in [6.07, 6.45) is 5.34. The summed E-state index contributed by atoms with van der Waals surface area (Å²) in [6, 6.07) is 0. The quantitative estimate of drug-likeness (QED) is 0.703. The average Bonchev–Trinajstić information content (AvgIpc) is 2.41. The normalized spacial score (nSPS) is 22.8. The molecule has 0 amide bonds. The molecule has 0 bridgehead atoms. The Hall–Kier alpha value is -1.09. The number of aliphatic imine (C=N–C) groups is 1. The summed E-state index contributed by atoms with van der Waals surface area (Å²) in [5.41, 5.74) is 3.73. The van der Waals surface area contributed by atoms with E-state index in [9.17, 15) is 0 Å². The molecule has 1 saturated heterocycles. The van der Waals surface area contributed by atoms with E-state index in [4.69, 9.17) is 0 Å². The van der Waals surface area contributed by atoms with Crippen molar-refractivity contribution in [3.8, 4) is 0 Å². The molecular weight excluding hydrogens is 186 g/mol. The molecule has 0 aromatic carbocycles. The Bertz CT molecular complexity index is 320. The second kappa shape index (κ2) is 4.62. The minimum absolute atomic E-state index is 0.994. The minimum Gasteiger partial charge on any atom is -0.372 e. The molecule has 2 aliphatic rings. The highest BCUT2D eigenvalue weighted by atomic mass is 15.2. The van der Waals surface area contributed by atoms with Crippen molar-refractivity contribution in [2.24, 2.45) is 4.99 Å². The molecule has 0 radical (unpaired) electrons. The molecule has 0 aromatic rings. The third kappa shape index (κ3) is 2.69. The van der Waals surface area contributed by atoms with Crippen molar-refractivity contribution in [3.63, 3.8) is 0 Å². The van der Waals surface area contributed by atoms with Crippen LogP contribution >= 0.6 is 0 Å². The first-order valence-electron chi connectivity index (χ1n) is 5.63. The summed E-state index contributed by atoms with van der Waals surface area (Å²) in [6.45, 7) is 8.59. The lowest BCUT2D eigenvalue weighted by Gasteiger charge is -2.31. The third-order valence-corrected chi connectivity index (χ3v) is 2.84. The van der Waals surface area contributed by atoms with E-state index >= 15 is 0 Å². The monoisotopic (exact) mass is 205 g/mol. The van der Waals surface area contributed by atoms with Crippen LogP contribution in [-0.4, -0.2) is 36.8 Å². The molecule has 2 rings (SSSR count). The van der Waals surface area contributed by atoms with Crippen LogP contribution in [0, 0.1) is 0 Å². The van der Waals surface area contributed by atoms with Crippen LogP contribution in [-0.2, 0) is 0 Å². The lowest BCUT2D eigenvalue weighted by molar-refractivity contribution is 0.296. The Balaban J connectivity index is 2.11. The Kier molecular flexibility index (Phi) is 3.21. The first-order valence-corrected chi connectivity index (χ1v) is 5.63. The van der Waals surface area contributed by atoms with Crippen LogP contribution in [0.25, 0.3) is 0 Å². The highest BCUT2D eigenvalue weighted by Crippen LogP contribution is 2.16. The van der Waals surface area contributed by atoms with Gasteiger partial charge in [-0.3, -0.25) is 4.99 Å². The van der Waals surface area contributed by atoms with Gasteiger partial charge in [0.25, 0.3) is 0 Å². The van der Waals surface area contributed by atoms with Crippen LogP contribution in [0.3, 0.4) is 0 Å². The fourth-order valence-electron chi connectivity index (χ4n) is 2.08. The first kappa shape index (κ1) is 10.4. The lowest BCUT2D eigenvalue weighted by Crippen LogP contribution is -2.43. The summed E-state index contributed by atoms with van der Waals surface area (Å²) in [5, 5.41) is 3.37. The molecule has 0 aromatic heterocycles. The molecule has 3 nitrogen and oxygen atoms in total. The molecule has 2 aliphatic heterocycles. The number of nitrogens with one attached hydrogen (secondary N) is 1. The van der Waals surface area contributed by atoms with Crippen molar-refractivity contribution in [2.75, 3.05) is 26.2 Å². The van der Waals surface area contributed by atoms with Crippen LogP contribution < -0.4 is 5.32 Å². The SMILES string of the molecule is CC1=CC=C(N2CCNCC2)CC(C)=N1. The lowest BCUT2D eigenvalue weighted by atomic mass is 10.2. The molecule has 0 spiro atoms.